The molecule has 1 aromatic heterocycles. The Morgan fingerprint density at radius 3 is 1.25 bits per heavy atom. The van der Waals surface area contributed by atoms with E-state index < -0.39 is 0 Å². The number of unbranched alkanes of at least 4 members (excludes halogenated alkanes) is 16. The number of aromatic nitrogens is 1. The molecule has 2 heterocycles. The summed E-state index contributed by atoms with van der Waals surface area (Å²) >= 11 is 0. The van der Waals surface area contributed by atoms with Gasteiger partial charge in [0.05, 0.1) is 23.0 Å². The number of nitriles is 1. The van der Waals surface area contributed by atoms with E-state index in [1.54, 1.807) is 0 Å². The highest BCUT2D eigenvalue weighted by atomic mass is 15.2. The lowest BCUT2D eigenvalue weighted by atomic mass is 9.64. The SMILES string of the molecule is CCCCCCCCC(CCCCCCCC)n1c2ccc(-c3ccccc3)cc2c2cc(-c3ccc4c(c3)C(CCCCCC)(CCCCCC)c3cc(-c5ccccc5)ccc3N4c3ccc(C#N)cc3)ccc21. The maximum absolute atomic E-state index is 9.93. The molecule has 7 aromatic carbocycles. The Morgan fingerprint density at radius 2 is 0.789 bits per heavy atom. The van der Waals surface area contributed by atoms with Crippen LogP contribution in [0.15, 0.2) is 158 Å². The molecule has 1 aliphatic heterocycles. The van der Waals surface area contributed by atoms with Crippen molar-refractivity contribution in [1.82, 2.24) is 4.57 Å². The Balaban J connectivity index is 1.23. The van der Waals surface area contributed by atoms with E-state index in [1.165, 1.54) is 219 Å². The second kappa shape index (κ2) is 27.1. The molecule has 0 atom stereocenters. The largest absolute Gasteiger partial charge is 0.337 e. The quantitative estimate of drug-likeness (QED) is 0.0438. The highest BCUT2D eigenvalue weighted by Gasteiger charge is 2.43. The lowest BCUT2D eigenvalue weighted by Crippen LogP contribution is -2.36. The summed E-state index contributed by atoms with van der Waals surface area (Å²) in [5.41, 5.74) is 17.4. The minimum atomic E-state index is -0.193. The Bertz CT molecular complexity index is 3090. The molecule has 3 heteroatoms. The third kappa shape index (κ3) is 12.4. The third-order valence-corrected chi connectivity index (χ3v) is 17.2. The third-order valence-electron chi connectivity index (χ3n) is 17.2. The van der Waals surface area contributed by atoms with Gasteiger partial charge in [-0.25, -0.2) is 0 Å². The van der Waals surface area contributed by atoms with Gasteiger partial charge in [0.2, 0.25) is 0 Å². The number of benzene rings is 7. The van der Waals surface area contributed by atoms with Gasteiger partial charge in [0.25, 0.3) is 0 Å². The van der Waals surface area contributed by atoms with Crippen molar-refractivity contribution in [2.75, 3.05) is 4.90 Å². The van der Waals surface area contributed by atoms with E-state index in [9.17, 15) is 5.26 Å². The van der Waals surface area contributed by atoms with Crippen LogP contribution in [-0.2, 0) is 5.41 Å². The molecule has 0 radical (unpaired) electrons. The van der Waals surface area contributed by atoms with Crippen molar-refractivity contribution >= 4 is 38.9 Å². The van der Waals surface area contributed by atoms with Crippen LogP contribution < -0.4 is 4.90 Å². The summed E-state index contributed by atoms with van der Waals surface area (Å²) in [6.07, 6.45) is 30.4. The van der Waals surface area contributed by atoms with Crippen LogP contribution >= 0.6 is 0 Å². The number of nitrogens with zero attached hydrogens (tertiary/aromatic N) is 3. The van der Waals surface area contributed by atoms with Gasteiger partial charge in [-0.1, -0.05) is 241 Å². The highest BCUT2D eigenvalue weighted by molar-refractivity contribution is 6.11. The monoisotopic (exact) mass is 1010 g/mol. The summed E-state index contributed by atoms with van der Waals surface area (Å²) < 4.78 is 2.79. The summed E-state index contributed by atoms with van der Waals surface area (Å²) in [4.78, 5) is 2.51. The zero-order valence-corrected chi connectivity index (χ0v) is 46.9. The molecule has 0 amide bonds. The van der Waals surface area contributed by atoms with E-state index >= 15 is 0 Å². The van der Waals surface area contributed by atoms with Gasteiger partial charge in [-0.05, 0) is 143 Å². The summed E-state index contributed by atoms with van der Waals surface area (Å²) in [5.74, 6) is 0. The molecule has 3 nitrogen and oxygen atoms in total. The average Bonchev–Trinajstić information content (AvgIpc) is 3.91. The fourth-order valence-corrected chi connectivity index (χ4v) is 13.0. The van der Waals surface area contributed by atoms with Gasteiger partial charge in [0, 0.05) is 39.0 Å². The van der Waals surface area contributed by atoms with Crippen LogP contribution in [0.1, 0.15) is 205 Å². The Morgan fingerprint density at radius 1 is 0.395 bits per heavy atom. The Kier molecular flexibility index (Phi) is 19.4. The summed E-state index contributed by atoms with van der Waals surface area (Å²) in [6.45, 7) is 9.32. The first kappa shape index (κ1) is 54.4. The highest BCUT2D eigenvalue weighted by Crippen LogP contribution is 2.58. The van der Waals surface area contributed by atoms with Crippen LogP contribution in [0.2, 0.25) is 0 Å². The van der Waals surface area contributed by atoms with Gasteiger partial charge in [-0.2, -0.15) is 5.26 Å². The molecular formula is C73H87N3. The van der Waals surface area contributed by atoms with Crippen molar-refractivity contribution in [2.24, 2.45) is 0 Å². The van der Waals surface area contributed by atoms with E-state index in [4.69, 9.17) is 0 Å². The van der Waals surface area contributed by atoms with Crippen molar-refractivity contribution < 1.29 is 0 Å². The molecule has 0 spiro atoms. The number of anilines is 3. The second-order valence-electron chi connectivity index (χ2n) is 22.5. The molecule has 0 aliphatic carbocycles. The zero-order chi connectivity index (χ0) is 52.5. The van der Waals surface area contributed by atoms with Crippen LogP contribution in [0.3, 0.4) is 0 Å². The maximum Gasteiger partial charge on any atom is 0.0991 e. The van der Waals surface area contributed by atoms with Gasteiger partial charge in [-0.3, -0.25) is 0 Å². The molecule has 76 heavy (non-hydrogen) atoms. The molecule has 394 valence electrons. The van der Waals surface area contributed by atoms with E-state index in [1.807, 2.05) is 12.1 Å². The van der Waals surface area contributed by atoms with E-state index in [-0.39, 0.29) is 5.41 Å². The van der Waals surface area contributed by atoms with Crippen LogP contribution in [-0.4, -0.2) is 4.57 Å². The first-order valence-corrected chi connectivity index (χ1v) is 30.3. The lowest BCUT2D eigenvalue weighted by Gasteiger charge is -2.47. The first-order chi connectivity index (χ1) is 37.5. The lowest BCUT2D eigenvalue weighted by molar-refractivity contribution is 0.391. The van der Waals surface area contributed by atoms with Gasteiger partial charge >= 0.3 is 0 Å². The van der Waals surface area contributed by atoms with Crippen LogP contribution in [0.25, 0.3) is 55.2 Å². The molecule has 8 aromatic rings. The van der Waals surface area contributed by atoms with E-state index in [0.29, 0.717) is 11.6 Å². The van der Waals surface area contributed by atoms with Crippen LogP contribution in [0.4, 0.5) is 17.1 Å². The second-order valence-corrected chi connectivity index (χ2v) is 22.5. The van der Waals surface area contributed by atoms with Crippen molar-refractivity contribution in [3.05, 3.63) is 174 Å². The smallest absolute Gasteiger partial charge is 0.0991 e. The topological polar surface area (TPSA) is 32.0 Å². The fraction of sp³-hybridized carbons (Fsp3) is 0.411. The summed E-state index contributed by atoms with van der Waals surface area (Å²) in [7, 11) is 0. The van der Waals surface area contributed by atoms with Crippen LogP contribution in [0.5, 0.6) is 0 Å². The van der Waals surface area contributed by atoms with E-state index in [0.717, 1.165) is 18.5 Å². The standard InChI is InChI=1S/C73H87N3/c1-5-9-13-17-19-27-35-63(36-28-20-18-14-10-6-2)75-69-45-39-59(57-31-23-21-24-32-57)51-65(69)66-52-60(40-46-70(66)75)62-42-48-72-68(54-62)73(49-29-15-11-7-3,50-30-16-12-8-4)67-53-61(58-33-25-22-26-34-58)41-47-71(67)76(72)64-43-37-56(55-74)38-44-64/h21-26,31-34,37-48,51-54,63H,5-20,27-30,35-36,49-50H2,1-4H3. The van der Waals surface area contributed by atoms with Crippen molar-refractivity contribution in [3.63, 3.8) is 0 Å². The van der Waals surface area contributed by atoms with Crippen molar-refractivity contribution in [3.8, 4) is 39.4 Å². The minimum absolute atomic E-state index is 0.193. The molecule has 0 saturated carbocycles. The normalized spacial score (nSPS) is 12.9. The fourth-order valence-electron chi connectivity index (χ4n) is 13.0. The Hall–Kier alpha value is -6.37. The number of rotatable bonds is 29. The molecule has 9 rings (SSSR count). The van der Waals surface area contributed by atoms with Gasteiger partial charge in [0.1, 0.15) is 0 Å². The molecule has 0 N–H and O–H groups in total. The molecule has 0 saturated heterocycles. The van der Waals surface area contributed by atoms with E-state index in [2.05, 4.69) is 189 Å². The predicted molar refractivity (Wildman–Crippen MR) is 328 cm³/mol. The first-order valence-electron chi connectivity index (χ1n) is 30.3. The van der Waals surface area contributed by atoms with Gasteiger partial charge in [0.15, 0.2) is 0 Å². The predicted octanol–water partition coefficient (Wildman–Crippen LogP) is 22.7. The molecule has 0 bridgehead atoms. The summed E-state index contributed by atoms with van der Waals surface area (Å²) in [6, 6.07) is 62.7. The minimum Gasteiger partial charge on any atom is -0.337 e. The van der Waals surface area contributed by atoms with Gasteiger partial charge in [-0.15, -0.1) is 0 Å². The van der Waals surface area contributed by atoms with Crippen molar-refractivity contribution in [1.29, 1.82) is 5.26 Å². The average molecular weight is 1010 g/mol. The van der Waals surface area contributed by atoms with Crippen LogP contribution in [0, 0.1) is 11.3 Å². The molecule has 0 unspecified atom stereocenters. The summed E-state index contributed by atoms with van der Waals surface area (Å²) in [5, 5.41) is 12.7. The number of hydrogen-bond acceptors (Lipinski definition) is 2. The number of fused-ring (bicyclic) bond motifs is 5. The van der Waals surface area contributed by atoms with Gasteiger partial charge < -0.3 is 9.47 Å². The number of hydrogen-bond donors (Lipinski definition) is 0. The molecule has 1 aliphatic rings. The van der Waals surface area contributed by atoms with Crippen molar-refractivity contribution in [2.45, 2.75) is 193 Å². The molecular weight excluding hydrogens is 919 g/mol. The molecule has 0 fully saturated rings. The zero-order valence-electron chi connectivity index (χ0n) is 46.9. The Labute approximate surface area is 458 Å². The maximum atomic E-state index is 9.93.